The maximum absolute atomic E-state index is 11.0. The summed E-state index contributed by atoms with van der Waals surface area (Å²) in [5.74, 6) is 0. The van der Waals surface area contributed by atoms with Gasteiger partial charge in [0, 0.05) is 0 Å². The fourth-order valence-electron chi connectivity index (χ4n) is 1.57. The van der Waals surface area contributed by atoms with Crippen molar-refractivity contribution in [3.8, 4) is 0 Å². The fraction of sp³-hybridized carbons (Fsp3) is 0. The number of aromatic nitrogens is 4. The van der Waals surface area contributed by atoms with Gasteiger partial charge in [0.1, 0.15) is 0 Å². The van der Waals surface area contributed by atoms with Gasteiger partial charge in [0.15, 0.2) is 0 Å². The Bertz CT molecular complexity index is 610. The first-order valence-corrected chi connectivity index (χ1v) is 4.06. The van der Waals surface area contributed by atoms with Crippen molar-refractivity contribution in [2.24, 2.45) is 0 Å². The topological polar surface area (TPSA) is 97.3 Å². The molecule has 6 nitrogen and oxygen atoms in total. The second-order valence-corrected chi connectivity index (χ2v) is 3.10. The van der Waals surface area contributed by atoms with Gasteiger partial charge < -0.3 is 19.9 Å². The Hall–Kier alpha value is -2.24. The van der Waals surface area contributed by atoms with Crippen LogP contribution in [0.5, 0.6) is 0 Å². The number of benzene rings is 1. The highest BCUT2D eigenvalue weighted by molar-refractivity contribution is 5.90. The molecule has 0 bridgehead atoms. The third kappa shape index (κ3) is 0.846. The second kappa shape index (κ2) is 2.16. The van der Waals surface area contributed by atoms with Gasteiger partial charge in [-0.15, -0.1) is 0 Å². The van der Waals surface area contributed by atoms with Gasteiger partial charge in [-0.1, -0.05) is 0 Å². The van der Waals surface area contributed by atoms with Crippen molar-refractivity contribution in [1.29, 1.82) is 0 Å². The molecule has 0 amide bonds. The summed E-state index contributed by atoms with van der Waals surface area (Å²) in [7, 11) is 0. The molecule has 70 valence electrons. The summed E-state index contributed by atoms with van der Waals surface area (Å²) in [6.45, 7) is 0. The van der Waals surface area contributed by atoms with Crippen molar-refractivity contribution in [3.05, 3.63) is 33.1 Å². The molecule has 0 aliphatic carbocycles. The zero-order valence-corrected chi connectivity index (χ0v) is 6.97. The molecule has 0 spiro atoms. The maximum atomic E-state index is 11.0. The van der Waals surface area contributed by atoms with E-state index >= 15 is 0 Å². The van der Waals surface area contributed by atoms with Crippen molar-refractivity contribution in [2.45, 2.75) is 0 Å². The number of nitrogens with one attached hydrogen (secondary N) is 4. The van der Waals surface area contributed by atoms with Crippen LogP contribution in [0, 0.1) is 0 Å². The number of hydrogen-bond acceptors (Lipinski definition) is 2. The number of aromatic amines is 4. The van der Waals surface area contributed by atoms with Gasteiger partial charge >= 0.3 is 11.4 Å². The van der Waals surface area contributed by atoms with E-state index in [0.717, 1.165) is 0 Å². The van der Waals surface area contributed by atoms with Crippen LogP contribution in [-0.2, 0) is 0 Å². The molecule has 3 rings (SSSR count). The van der Waals surface area contributed by atoms with Crippen LogP contribution in [0.3, 0.4) is 0 Å². The van der Waals surface area contributed by atoms with Crippen LogP contribution in [0.1, 0.15) is 0 Å². The van der Waals surface area contributed by atoms with Crippen molar-refractivity contribution < 1.29 is 0 Å². The Kier molecular flexibility index (Phi) is 1.11. The molecule has 0 unspecified atom stereocenters. The van der Waals surface area contributed by atoms with E-state index in [1.165, 1.54) is 0 Å². The van der Waals surface area contributed by atoms with E-state index in [0.29, 0.717) is 22.1 Å². The fourth-order valence-corrected chi connectivity index (χ4v) is 1.57. The van der Waals surface area contributed by atoms with Gasteiger partial charge in [-0.2, -0.15) is 0 Å². The highest BCUT2D eigenvalue weighted by Crippen LogP contribution is 2.14. The molecule has 6 heteroatoms. The van der Waals surface area contributed by atoms with Gasteiger partial charge in [0.2, 0.25) is 0 Å². The highest BCUT2D eigenvalue weighted by Gasteiger charge is 2.02. The van der Waals surface area contributed by atoms with Crippen LogP contribution in [0.25, 0.3) is 22.1 Å². The normalized spacial score (nSPS) is 11.4. The predicted octanol–water partition coefficient (Wildman–Crippen LogP) is 0.0258. The first-order chi connectivity index (χ1) is 6.72. The van der Waals surface area contributed by atoms with E-state index in [1.54, 1.807) is 12.1 Å². The molecular weight excluding hydrogens is 184 g/mol. The minimum Gasteiger partial charge on any atom is -0.306 e. The SMILES string of the molecule is O=c1[nH]c2cc3[nH]c(=O)[nH]c3cc2[nH]1. The molecule has 2 aromatic heterocycles. The molecule has 0 fully saturated rings. The number of fused-ring (bicyclic) bond motifs is 2. The van der Waals surface area contributed by atoms with Crippen molar-refractivity contribution in [3.63, 3.8) is 0 Å². The van der Waals surface area contributed by atoms with Crippen LogP contribution in [0.4, 0.5) is 0 Å². The lowest BCUT2D eigenvalue weighted by molar-refractivity contribution is 1.21. The van der Waals surface area contributed by atoms with Gasteiger partial charge in [-0.05, 0) is 12.1 Å². The summed E-state index contributed by atoms with van der Waals surface area (Å²) < 4.78 is 0. The Labute approximate surface area is 76.0 Å². The standard InChI is InChI=1S/C8H6N4O2/c13-7-9-3-1-4-6(2-5(3)11-7)12-8(14)10-4/h1-2H,(H2,9,11,13)(H2,10,12,14). The van der Waals surface area contributed by atoms with E-state index in [4.69, 9.17) is 0 Å². The summed E-state index contributed by atoms with van der Waals surface area (Å²) in [5.41, 5.74) is 2.20. The van der Waals surface area contributed by atoms with Gasteiger partial charge in [0.25, 0.3) is 0 Å². The maximum Gasteiger partial charge on any atom is 0.323 e. The van der Waals surface area contributed by atoms with Crippen molar-refractivity contribution in [2.75, 3.05) is 0 Å². The second-order valence-electron chi connectivity index (χ2n) is 3.10. The van der Waals surface area contributed by atoms with E-state index in [1.807, 2.05) is 0 Å². The molecule has 1 aromatic carbocycles. The summed E-state index contributed by atoms with van der Waals surface area (Å²) in [4.78, 5) is 32.4. The first kappa shape index (κ1) is 7.19. The van der Waals surface area contributed by atoms with Crippen molar-refractivity contribution in [1.82, 2.24) is 19.9 Å². The molecule has 2 heterocycles. The summed E-state index contributed by atoms with van der Waals surface area (Å²) in [6, 6.07) is 3.42. The lowest BCUT2D eigenvalue weighted by Crippen LogP contribution is -2.00. The molecule has 0 aliphatic rings. The Morgan fingerprint density at radius 1 is 0.643 bits per heavy atom. The Morgan fingerprint density at radius 2 is 0.929 bits per heavy atom. The summed E-state index contributed by atoms with van der Waals surface area (Å²) in [6.07, 6.45) is 0. The Balaban J connectivity index is 2.61. The zero-order valence-electron chi connectivity index (χ0n) is 6.97. The number of rotatable bonds is 0. The molecule has 0 radical (unpaired) electrons. The molecular formula is C8H6N4O2. The van der Waals surface area contributed by atoms with Gasteiger partial charge in [-0.25, -0.2) is 9.59 Å². The van der Waals surface area contributed by atoms with E-state index in [9.17, 15) is 9.59 Å². The van der Waals surface area contributed by atoms with Crippen molar-refractivity contribution >= 4 is 22.1 Å². The predicted molar refractivity (Wildman–Crippen MR) is 51.4 cm³/mol. The smallest absolute Gasteiger partial charge is 0.306 e. The van der Waals surface area contributed by atoms with Crippen LogP contribution in [0.2, 0.25) is 0 Å². The number of imidazole rings is 2. The van der Waals surface area contributed by atoms with E-state index in [2.05, 4.69) is 19.9 Å². The molecule has 0 saturated heterocycles. The van der Waals surface area contributed by atoms with Crippen LogP contribution >= 0.6 is 0 Å². The molecule has 0 aliphatic heterocycles. The average molecular weight is 190 g/mol. The lowest BCUT2D eigenvalue weighted by atomic mass is 10.3. The number of hydrogen-bond donors (Lipinski definition) is 4. The molecule has 3 aromatic rings. The molecule has 14 heavy (non-hydrogen) atoms. The van der Waals surface area contributed by atoms with E-state index < -0.39 is 0 Å². The summed E-state index contributed by atoms with van der Waals surface area (Å²) in [5, 5.41) is 0. The van der Waals surface area contributed by atoms with Crippen LogP contribution < -0.4 is 11.4 Å². The lowest BCUT2D eigenvalue weighted by Gasteiger charge is -1.88. The molecule has 4 N–H and O–H groups in total. The van der Waals surface area contributed by atoms with E-state index in [-0.39, 0.29) is 11.4 Å². The van der Waals surface area contributed by atoms with Gasteiger partial charge in [0.05, 0.1) is 22.1 Å². The quantitative estimate of drug-likeness (QED) is 0.402. The minimum atomic E-state index is -0.255. The number of H-pyrrole nitrogens is 4. The third-order valence-electron chi connectivity index (χ3n) is 2.15. The van der Waals surface area contributed by atoms with Gasteiger partial charge in [-0.3, -0.25) is 0 Å². The molecule has 0 atom stereocenters. The molecule has 0 saturated carbocycles. The zero-order chi connectivity index (χ0) is 9.71. The van der Waals surface area contributed by atoms with Crippen LogP contribution in [0.15, 0.2) is 21.7 Å². The largest absolute Gasteiger partial charge is 0.323 e. The monoisotopic (exact) mass is 190 g/mol. The minimum absolute atomic E-state index is 0.255. The van der Waals surface area contributed by atoms with Crippen LogP contribution in [-0.4, -0.2) is 19.9 Å². The average Bonchev–Trinajstić information content (AvgIpc) is 2.59. The highest BCUT2D eigenvalue weighted by atomic mass is 16.1. The summed E-state index contributed by atoms with van der Waals surface area (Å²) >= 11 is 0. The first-order valence-electron chi connectivity index (χ1n) is 4.06. The Morgan fingerprint density at radius 3 is 1.21 bits per heavy atom. The third-order valence-corrected chi connectivity index (χ3v) is 2.15.